The van der Waals surface area contributed by atoms with Gasteiger partial charge in [-0.3, -0.25) is 0 Å². The molecule has 0 spiro atoms. The van der Waals surface area contributed by atoms with Gasteiger partial charge in [0.1, 0.15) is 5.75 Å². The molecule has 0 bridgehead atoms. The highest BCUT2D eigenvalue weighted by molar-refractivity contribution is 6.30. The number of benzene rings is 2. The number of halogens is 1. The lowest BCUT2D eigenvalue weighted by Crippen LogP contribution is -2.05. The Labute approximate surface area is 117 Å². The minimum absolute atomic E-state index is 0.298. The van der Waals surface area contributed by atoms with Crippen molar-refractivity contribution in [2.24, 2.45) is 0 Å². The Morgan fingerprint density at radius 1 is 1.11 bits per heavy atom. The van der Waals surface area contributed by atoms with Gasteiger partial charge >= 0.3 is 0 Å². The third kappa shape index (κ3) is 4.00. The van der Waals surface area contributed by atoms with Gasteiger partial charge in [-0.1, -0.05) is 11.6 Å². The topological polar surface area (TPSA) is 35.3 Å². The van der Waals surface area contributed by atoms with Crippen molar-refractivity contribution in [2.45, 2.75) is 6.54 Å². The molecule has 0 aliphatic rings. The highest BCUT2D eigenvalue weighted by Crippen LogP contribution is 2.12. The second-order valence-electron chi connectivity index (χ2n) is 4.10. The number of methoxy groups -OCH3 is 1. The molecule has 2 aromatic rings. The van der Waals surface area contributed by atoms with Gasteiger partial charge in [-0.15, -0.1) is 0 Å². The third-order valence-electron chi connectivity index (χ3n) is 2.66. The lowest BCUT2D eigenvalue weighted by Gasteiger charge is -2.05. The maximum absolute atomic E-state index is 11.8. The lowest BCUT2D eigenvalue weighted by atomic mass is 10.2. The standard InChI is InChI=1S/C15H14ClNO2/c1-19-15-8-4-13(5-9-15)11-17(18)10-12-2-6-14(16)7-3-12/h2-10H,11H2,1H3/b17-10-. The zero-order chi connectivity index (χ0) is 13.7. The van der Waals surface area contributed by atoms with Crippen molar-refractivity contribution in [1.82, 2.24) is 0 Å². The van der Waals surface area contributed by atoms with Crippen molar-refractivity contribution in [3.05, 3.63) is 69.9 Å². The normalized spacial score (nSPS) is 11.4. The summed E-state index contributed by atoms with van der Waals surface area (Å²) in [6.45, 7) is 0.298. The minimum Gasteiger partial charge on any atom is -0.624 e. The highest BCUT2D eigenvalue weighted by atomic mass is 35.5. The van der Waals surface area contributed by atoms with E-state index in [9.17, 15) is 5.21 Å². The Morgan fingerprint density at radius 2 is 1.74 bits per heavy atom. The van der Waals surface area contributed by atoms with Gasteiger partial charge in [-0.05, 0) is 48.5 Å². The molecule has 0 aliphatic carbocycles. The Kier molecular flexibility index (Phi) is 4.42. The predicted octanol–water partition coefficient (Wildman–Crippen LogP) is 3.48. The van der Waals surface area contributed by atoms with Crippen molar-refractivity contribution in [1.29, 1.82) is 0 Å². The highest BCUT2D eigenvalue weighted by Gasteiger charge is 2.00. The van der Waals surface area contributed by atoms with Crippen molar-refractivity contribution >= 4 is 17.8 Å². The van der Waals surface area contributed by atoms with Gasteiger partial charge in [0.15, 0.2) is 12.8 Å². The molecule has 0 saturated carbocycles. The largest absolute Gasteiger partial charge is 0.624 e. The zero-order valence-corrected chi connectivity index (χ0v) is 11.3. The Hall–Kier alpha value is -2.00. The molecule has 0 heterocycles. The smallest absolute Gasteiger partial charge is 0.182 e. The zero-order valence-electron chi connectivity index (χ0n) is 10.5. The van der Waals surface area contributed by atoms with Crippen molar-refractivity contribution in [2.75, 3.05) is 7.11 Å². The summed E-state index contributed by atoms with van der Waals surface area (Å²) in [7, 11) is 1.61. The molecule has 0 fully saturated rings. The van der Waals surface area contributed by atoms with Crippen LogP contribution in [0.25, 0.3) is 0 Å². The summed E-state index contributed by atoms with van der Waals surface area (Å²) < 4.78 is 5.96. The molecule has 3 nitrogen and oxygen atoms in total. The molecular formula is C15H14ClNO2. The first-order valence-corrected chi connectivity index (χ1v) is 6.22. The molecule has 0 amide bonds. The van der Waals surface area contributed by atoms with Crippen LogP contribution in [0.3, 0.4) is 0 Å². The van der Waals surface area contributed by atoms with Crippen LogP contribution in [0.5, 0.6) is 5.75 Å². The summed E-state index contributed by atoms with van der Waals surface area (Å²) in [6.07, 6.45) is 1.54. The van der Waals surface area contributed by atoms with Crippen LogP contribution >= 0.6 is 11.6 Å². The fourth-order valence-electron chi connectivity index (χ4n) is 1.67. The Morgan fingerprint density at radius 3 is 2.32 bits per heavy atom. The molecule has 2 aromatic carbocycles. The summed E-state index contributed by atoms with van der Waals surface area (Å²) in [6, 6.07) is 14.6. The molecule has 0 radical (unpaired) electrons. The average Bonchev–Trinajstić information content (AvgIpc) is 2.42. The number of rotatable bonds is 4. The predicted molar refractivity (Wildman–Crippen MR) is 76.9 cm³/mol. The summed E-state index contributed by atoms with van der Waals surface area (Å²) in [5.74, 6) is 0.780. The molecule has 0 saturated heterocycles. The second kappa shape index (κ2) is 6.25. The fraction of sp³-hybridized carbons (Fsp3) is 0.133. The van der Waals surface area contributed by atoms with Crippen LogP contribution in [0.1, 0.15) is 11.1 Å². The Bertz CT molecular complexity index is 562. The number of nitrogens with zero attached hydrogens (tertiary/aromatic N) is 1. The SMILES string of the molecule is COc1ccc(C/[N+]([O-])=C/c2ccc(Cl)cc2)cc1. The quantitative estimate of drug-likeness (QED) is 0.371. The van der Waals surface area contributed by atoms with Crippen LogP contribution in [0.15, 0.2) is 48.5 Å². The third-order valence-corrected chi connectivity index (χ3v) is 2.91. The summed E-state index contributed by atoms with van der Waals surface area (Å²) >= 11 is 5.79. The van der Waals surface area contributed by atoms with Gasteiger partial charge in [0.05, 0.1) is 7.11 Å². The van der Waals surface area contributed by atoms with E-state index in [0.717, 1.165) is 21.6 Å². The van der Waals surface area contributed by atoms with Gasteiger partial charge in [0, 0.05) is 16.1 Å². The first-order chi connectivity index (χ1) is 9.17. The number of ether oxygens (including phenoxy) is 1. The van der Waals surface area contributed by atoms with E-state index < -0.39 is 0 Å². The van der Waals surface area contributed by atoms with Crippen LogP contribution in [-0.2, 0) is 6.54 Å². The average molecular weight is 276 g/mol. The molecule has 0 atom stereocenters. The van der Waals surface area contributed by atoms with Crippen LogP contribution < -0.4 is 4.74 Å². The summed E-state index contributed by atoms with van der Waals surface area (Å²) in [4.78, 5) is 0. The maximum atomic E-state index is 11.8. The van der Waals surface area contributed by atoms with Gasteiger partial charge in [-0.25, -0.2) is 4.74 Å². The van der Waals surface area contributed by atoms with E-state index in [0.29, 0.717) is 11.6 Å². The van der Waals surface area contributed by atoms with Crippen LogP contribution in [0.2, 0.25) is 5.02 Å². The summed E-state index contributed by atoms with van der Waals surface area (Å²) in [5, 5.41) is 12.5. The molecule has 0 unspecified atom stereocenters. The van der Waals surface area contributed by atoms with Gasteiger partial charge in [-0.2, -0.15) is 0 Å². The van der Waals surface area contributed by atoms with Crippen molar-refractivity contribution in [3.8, 4) is 5.75 Å². The maximum Gasteiger partial charge on any atom is 0.182 e. The molecule has 0 N–H and O–H groups in total. The van der Waals surface area contributed by atoms with E-state index >= 15 is 0 Å². The van der Waals surface area contributed by atoms with Crippen LogP contribution in [-0.4, -0.2) is 18.1 Å². The minimum atomic E-state index is 0.298. The van der Waals surface area contributed by atoms with Gasteiger partial charge in [0.2, 0.25) is 0 Å². The molecule has 98 valence electrons. The lowest BCUT2D eigenvalue weighted by molar-refractivity contribution is -0.469. The summed E-state index contributed by atoms with van der Waals surface area (Å²) in [5.41, 5.74) is 1.76. The van der Waals surface area contributed by atoms with Crippen LogP contribution in [0.4, 0.5) is 0 Å². The number of hydrogen-bond acceptors (Lipinski definition) is 2. The second-order valence-corrected chi connectivity index (χ2v) is 4.54. The monoisotopic (exact) mass is 275 g/mol. The molecule has 4 heteroatoms. The van der Waals surface area contributed by atoms with E-state index in [1.807, 2.05) is 24.3 Å². The molecular weight excluding hydrogens is 262 g/mol. The molecule has 2 rings (SSSR count). The first-order valence-electron chi connectivity index (χ1n) is 5.84. The number of hydroxylamine groups is 1. The van der Waals surface area contributed by atoms with Gasteiger partial charge < -0.3 is 9.94 Å². The van der Waals surface area contributed by atoms with E-state index in [-0.39, 0.29) is 0 Å². The fourth-order valence-corrected chi connectivity index (χ4v) is 1.80. The van der Waals surface area contributed by atoms with Crippen molar-refractivity contribution < 1.29 is 9.48 Å². The van der Waals surface area contributed by atoms with Gasteiger partial charge in [0.25, 0.3) is 0 Å². The van der Waals surface area contributed by atoms with E-state index in [1.54, 1.807) is 37.6 Å². The molecule has 0 aliphatic heterocycles. The van der Waals surface area contributed by atoms with E-state index in [2.05, 4.69) is 0 Å². The Balaban J connectivity index is 2.06. The van der Waals surface area contributed by atoms with Crippen molar-refractivity contribution in [3.63, 3.8) is 0 Å². The molecule has 19 heavy (non-hydrogen) atoms. The first kappa shape index (κ1) is 13.4. The molecule has 0 aromatic heterocycles. The number of hydrogen-bond donors (Lipinski definition) is 0. The van der Waals surface area contributed by atoms with Crippen LogP contribution in [0, 0.1) is 5.21 Å². The van der Waals surface area contributed by atoms with E-state index in [4.69, 9.17) is 16.3 Å². The van der Waals surface area contributed by atoms with E-state index in [1.165, 1.54) is 0 Å².